The number of ketones is 1. The normalized spacial score (nSPS) is 18.6. The van der Waals surface area contributed by atoms with Crippen molar-refractivity contribution >= 4 is 71.6 Å². The molecule has 61 heavy (non-hydrogen) atoms. The van der Waals surface area contributed by atoms with Crippen molar-refractivity contribution in [2.24, 2.45) is 17.6 Å². The number of hydrogen-bond donors (Lipinski definition) is 6. The Labute approximate surface area is 381 Å². The maximum Gasteiger partial charge on any atom is 0.325 e. The van der Waals surface area contributed by atoms with Crippen LogP contribution < -0.4 is 16.4 Å². The number of halogens is 4. The van der Waals surface area contributed by atoms with Crippen molar-refractivity contribution in [3.8, 4) is 11.5 Å². The van der Waals surface area contributed by atoms with Gasteiger partial charge in [0.2, 0.25) is 11.8 Å². The lowest BCUT2D eigenvalue weighted by molar-refractivity contribution is -0.141. The van der Waals surface area contributed by atoms with Crippen molar-refractivity contribution in [2.45, 2.75) is 110 Å². The van der Waals surface area contributed by atoms with Crippen LogP contribution in [0.25, 0.3) is 0 Å². The highest BCUT2D eigenvalue weighted by molar-refractivity contribution is 6.31. The van der Waals surface area contributed by atoms with E-state index in [4.69, 9.17) is 34.0 Å². The molecule has 7 N–H and O–H groups in total. The Morgan fingerprint density at radius 2 is 1.08 bits per heavy atom. The fourth-order valence-electron chi connectivity index (χ4n) is 7.73. The van der Waals surface area contributed by atoms with Gasteiger partial charge >= 0.3 is 5.97 Å². The highest BCUT2D eigenvalue weighted by Gasteiger charge is 2.33. The average molecular weight is 920 g/mol. The molecule has 2 amide bonds. The molecule has 0 bridgehead atoms. The van der Waals surface area contributed by atoms with E-state index in [2.05, 4.69) is 34.9 Å². The largest absolute Gasteiger partial charge is 0.507 e. The van der Waals surface area contributed by atoms with E-state index in [0.717, 1.165) is 44.1 Å². The van der Waals surface area contributed by atoms with E-state index in [-0.39, 0.29) is 72.2 Å². The second-order valence-corrected chi connectivity index (χ2v) is 16.5. The quantitative estimate of drug-likeness (QED) is 0.0813. The molecule has 4 aromatic rings. The number of phenolic OH excluding ortho intramolecular Hbond substituents is 2. The first-order valence-corrected chi connectivity index (χ1v) is 21.0. The zero-order valence-corrected chi connectivity index (χ0v) is 38.2. The second kappa shape index (κ2) is 25.6. The van der Waals surface area contributed by atoms with Gasteiger partial charge in [-0.3, -0.25) is 19.2 Å². The number of nitrogens with one attached hydrogen (secondary N) is 2. The molecule has 6 rings (SSSR count). The fourth-order valence-corrected chi connectivity index (χ4v) is 8.32. The third-order valence-corrected chi connectivity index (χ3v) is 11.7. The molecule has 0 spiro atoms. The summed E-state index contributed by atoms with van der Waals surface area (Å²) in [5.74, 6) is -0.0714. The molecule has 10 nitrogen and oxygen atoms in total. The third kappa shape index (κ3) is 15.8. The standard InChI is InChI=1S/C24H28ClNO3.C15H19NO3.C8H10ClNO.2ClH/c1-15-12-21(25)14-19(23(15)28)10-11-22(27)16(2)26-24(29)20-9-8-18(13-20)17-6-4-3-5-7-17;1-10(15(18)19)16-14(17)13-8-7-12(9-13)11-5-3-2-4-6-11;1-5-2-7(9)3-6(4-10)8(5)11;;/h3-7,12,14,16,18,20,28H,8-11,13H2,1-2H3,(H,26,29);2-6,10,12-13H,7-9H2,1H3,(H,16,17)(H,18,19);2-3,11H,4,10H2,1H3;2*1H/t16-,18+,20+;10-,12+,13+;;;/m00.../s1. The molecular formula is C47H59Cl4N3O7. The topological polar surface area (TPSA) is 179 Å². The third-order valence-electron chi connectivity index (χ3n) is 11.3. The lowest BCUT2D eigenvalue weighted by Crippen LogP contribution is -2.41. The number of aryl methyl sites for hydroxylation is 3. The molecule has 0 radical (unpaired) electrons. The lowest BCUT2D eigenvalue weighted by atomic mass is 9.96. The summed E-state index contributed by atoms with van der Waals surface area (Å²) in [6.45, 7) is 7.10. The molecule has 0 saturated heterocycles. The molecule has 2 saturated carbocycles. The number of carboxylic acid groups (broad SMARTS) is 1. The highest BCUT2D eigenvalue weighted by atomic mass is 35.5. The number of rotatable bonds is 12. The Balaban J connectivity index is 0.000000344. The van der Waals surface area contributed by atoms with E-state index < -0.39 is 18.1 Å². The van der Waals surface area contributed by atoms with Crippen LogP contribution in [-0.2, 0) is 32.1 Å². The summed E-state index contributed by atoms with van der Waals surface area (Å²) in [5, 5.41) is 34.9. The van der Waals surface area contributed by atoms with E-state index in [1.807, 2.05) is 36.4 Å². The first-order chi connectivity index (χ1) is 28.1. The van der Waals surface area contributed by atoms with Crippen molar-refractivity contribution in [3.05, 3.63) is 128 Å². The van der Waals surface area contributed by atoms with Gasteiger partial charge < -0.3 is 31.7 Å². The van der Waals surface area contributed by atoms with Crippen LogP contribution in [0.5, 0.6) is 11.5 Å². The van der Waals surface area contributed by atoms with Gasteiger partial charge in [0.25, 0.3) is 0 Å². The van der Waals surface area contributed by atoms with Gasteiger partial charge in [0, 0.05) is 40.4 Å². The summed E-state index contributed by atoms with van der Waals surface area (Å²) in [6, 6.07) is 25.9. The Kier molecular flexibility index (Phi) is 22.1. The van der Waals surface area contributed by atoms with E-state index in [9.17, 15) is 29.4 Å². The van der Waals surface area contributed by atoms with E-state index in [0.29, 0.717) is 51.5 Å². The number of amides is 2. The minimum atomic E-state index is -0.994. The Morgan fingerprint density at radius 1 is 0.672 bits per heavy atom. The van der Waals surface area contributed by atoms with Crippen LogP contribution in [0, 0.1) is 25.7 Å². The minimum absolute atomic E-state index is 0. The number of carbonyl (C=O) groups excluding carboxylic acids is 3. The minimum Gasteiger partial charge on any atom is -0.507 e. The highest BCUT2D eigenvalue weighted by Crippen LogP contribution is 2.39. The van der Waals surface area contributed by atoms with Crippen LogP contribution in [0.15, 0.2) is 84.9 Å². The van der Waals surface area contributed by atoms with Crippen LogP contribution in [0.4, 0.5) is 0 Å². The van der Waals surface area contributed by atoms with Crippen LogP contribution >= 0.6 is 48.0 Å². The van der Waals surface area contributed by atoms with Crippen molar-refractivity contribution in [3.63, 3.8) is 0 Å². The van der Waals surface area contributed by atoms with Gasteiger partial charge in [-0.05, 0) is 137 Å². The summed E-state index contributed by atoms with van der Waals surface area (Å²) in [5.41, 5.74) is 10.7. The van der Waals surface area contributed by atoms with Crippen LogP contribution in [0.1, 0.15) is 104 Å². The number of carboxylic acids is 1. The van der Waals surface area contributed by atoms with Gasteiger partial charge in [-0.15, -0.1) is 24.8 Å². The summed E-state index contributed by atoms with van der Waals surface area (Å²) >= 11 is 11.8. The summed E-state index contributed by atoms with van der Waals surface area (Å²) in [4.78, 5) is 47.8. The molecule has 4 aromatic carbocycles. The molecule has 2 aliphatic carbocycles. The molecule has 332 valence electrons. The van der Waals surface area contributed by atoms with Crippen molar-refractivity contribution < 1.29 is 34.5 Å². The molecule has 2 aliphatic rings. The zero-order chi connectivity index (χ0) is 43.2. The number of Topliss-reactive ketones (excluding diaryl/α,β-unsaturated/α-hetero) is 1. The fraction of sp³-hybridized carbons (Fsp3) is 0.404. The van der Waals surface area contributed by atoms with E-state index in [1.165, 1.54) is 18.1 Å². The lowest BCUT2D eigenvalue weighted by Gasteiger charge is -2.17. The SMILES string of the molecule is C[C@H](NC(=O)[C@@H]1CC[C@@H](c2ccccc2)C1)C(=O)O.Cc1cc(Cl)cc(CCC(=O)[C@H](C)NC(=O)[C@@H]2CC[C@@H](c3ccccc3)C2)c1O.Cc1cc(Cl)cc(CN)c1O.Cl.Cl. The summed E-state index contributed by atoms with van der Waals surface area (Å²) in [6.07, 6.45) is 5.94. The molecule has 14 heteroatoms. The number of aliphatic carboxylic acids is 1. The van der Waals surface area contributed by atoms with E-state index >= 15 is 0 Å². The number of carbonyl (C=O) groups is 4. The van der Waals surface area contributed by atoms with Crippen LogP contribution in [0.3, 0.4) is 0 Å². The van der Waals surface area contributed by atoms with Gasteiger partial charge in [-0.2, -0.15) is 0 Å². The van der Waals surface area contributed by atoms with Crippen LogP contribution in [-0.4, -0.2) is 51.0 Å². The van der Waals surface area contributed by atoms with E-state index in [1.54, 1.807) is 45.0 Å². The number of phenols is 2. The Bertz CT molecular complexity index is 2060. The van der Waals surface area contributed by atoms with Gasteiger partial charge in [-0.25, -0.2) is 0 Å². The number of benzene rings is 4. The number of nitrogens with two attached hydrogens (primary N) is 1. The molecular weight excluding hydrogens is 860 g/mol. The molecule has 0 aliphatic heterocycles. The average Bonchev–Trinajstić information content (AvgIpc) is 3.93. The van der Waals surface area contributed by atoms with Gasteiger partial charge in [0.05, 0.1) is 6.04 Å². The van der Waals surface area contributed by atoms with Crippen molar-refractivity contribution in [1.29, 1.82) is 0 Å². The maximum absolute atomic E-state index is 12.6. The van der Waals surface area contributed by atoms with Crippen LogP contribution in [0.2, 0.25) is 10.0 Å². The Morgan fingerprint density at radius 3 is 1.51 bits per heavy atom. The van der Waals surface area contributed by atoms with Gasteiger partial charge in [-0.1, -0.05) is 83.9 Å². The van der Waals surface area contributed by atoms with Gasteiger partial charge in [0.1, 0.15) is 17.5 Å². The maximum atomic E-state index is 12.6. The molecule has 0 heterocycles. The molecule has 0 aromatic heterocycles. The molecule has 2 fully saturated rings. The molecule has 0 unspecified atom stereocenters. The first-order valence-electron chi connectivity index (χ1n) is 20.2. The smallest absolute Gasteiger partial charge is 0.325 e. The second-order valence-electron chi connectivity index (χ2n) is 15.7. The van der Waals surface area contributed by atoms with Crippen molar-refractivity contribution in [1.82, 2.24) is 10.6 Å². The number of aromatic hydroxyl groups is 2. The Hall–Kier alpha value is -4.32. The summed E-state index contributed by atoms with van der Waals surface area (Å²) < 4.78 is 0. The predicted octanol–water partition coefficient (Wildman–Crippen LogP) is 9.76. The molecule has 6 atom stereocenters. The zero-order valence-electron chi connectivity index (χ0n) is 35.0. The van der Waals surface area contributed by atoms with Crippen molar-refractivity contribution in [2.75, 3.05) is 0 Å². The van der Waals surface area contributed by atoms with Gasteiger partial charge in [0.15, 0.2) is 5.78 Å². The number of hydrogen-bond acceptors (Lipinski definition) is 7. The monoisotopic (exact) mass is 917 g/mol. The first kappa shape index (κ1) is 52.8. The summed E-state index contributed by atoms with van der Waals surface area (Å²) in [7, 11) is 0. The predicted molar refractivity (Wildman–Crippen MR) is 247 cm³/mol.